The fraction of sp³-hybridized carbons (Fsp3) is 0.353. The number of amides is 2. The molecule has 1 atom stereocenters. The van der Waals surface area contributed by atoms with Crippen molar-refractivity contribution < 1.29 is 14.3 Å². The molecular formula is C17H18ClN3O3S. The lowest BCUT2D eigenvalue weighted by Crippen LogP contribution is -2.28. The van der Waals surface area contributed by atoms with Crippen molar-refractivity contribution in [2.24, 2.45) is 5.92 Å². The Kier molecular flexibility index (Phi) is 5.24. The Morgan fingerprint density at radius 3 is 2.96 bits per heavy atom. The third-order valence-electron chi connectivity index (χ3n) is 4.15. The van der Waals surface area contributed by atoms with Crippen LogP contribution in [0.5, 0.6) is 5.75 Å². The van der Waals surface area contributed by atoms with Gasteiger partial charge in [-0.2, -0.15) is 0 Å². The molecule has 1 N–H and O–H groups in total. The number of thiazole rings is 1. The molecule has 0 aliphatic carbocycles. The number of carbonyl (C=O) groups is 2. The second-order valence-corrected chi connectivity index (χ2v) is 6.98. The van der Waals surface area contributed by atoms with Gasteiger partial charge in [-0.15, -0.1) is 11.3 Å². The van der Waals surface area contributed by atoms with Gasteiger partial charge in [0.05, 0.1) is 23.7 Å². The van der Waals surface area contributed by atoms with Crippen LogP contribution in [0.4, 0.5) is 5.13 Å². The Bertz CT molecular complexity index is 808. The molecule has 3 rings (SSSR count). The average Bonchev–Trinajstić information content (AvgIpc) is 3.21. The van der Waals surface area contributed by atoms with E-state index >= 15 is 0 Å². The van der Waals surface area contributed by atoms with Crippen LogP contribution in [-0.2, 0) is 9.59 Å². The van der Waals surface area contributed by atoms with Gasteiger partial charge in [-0.05, 0) is 25.1 Å². The summed E-state index contributed by atoms with van der Waals surface area (Å²) in [7, 11) is 1.56. The molecule has 2 heterocycles. The molecule has 2 amide bonds. The number of methoxy groups -OCH3 is 1. The van der Waals surface area contributed by atoms with Gasteiger partial charge in [-0.3, -0.25) is 9.59 Å². The average molecular weight is 380 g/mol. The van der Waals surface area contributed by atoms with Gasteiger partial charge in [0.25, 0.3) is 0 Å². The maximum Gasteiger partial charge on any atom is 0.231 e. The summed E-state index contributed by atoms with van der Waals surface area (Å²) in [5.41, 5.74) is 1.57. The molecule has 0 unspecified atom stereocenters. The van der Waals surface area contributed by atoms with Gasteiger partial charge < -0.3 is 15.0 Å². The lowest BCUT2D eigenvalue weighted by molar-refractivity contribution is -0.128. The largest absolute Gasteiger partial charge is 0.495 e. The fourth-order valence-electron chi connectivity index (χ4n) is 2.75. The number of likely N-dealkylation sites (tertiary alicyclic amines) is 1. The highest BCUT2D eigenvalue weighted by molar-refractivity contribution is 7.14. The SMILES string of the molecule is CCN1C[C@@H](C(=O)Nc2nc(-c3ccc(OC)c(Cl)c3)cs2)CC1=O. The lowest BCUT2D eigenvalue weighted by atomic mass is 10.1. The van der Waals surface area contributed by atoms with Crippen molar-refractivity contribution in [3.8, 4) is 17.0 Å². The van der Waals surface area contributed by atoms with Gasteiger partial charge in [0.15, 0.2) is 5.13 Å². The first-order valence-electron chi connectivity index (χ1n) is 7.90. The highest BCUT2D eigenvalue weighted by Crippen LogP contribution is 2.32. The molecule has 2 aromatic rings. The van der Waals surface area contributed by atoms with Crippen LogP contribution in [0.15, 0.2) is 23.6 Å². The molecule has 1 aliphatic rings. The number of anilines is 1. The highest BCUT2D eigenvalue weighted by Gasteiger charge is 2.33. The van der Waals surface area contributed by atoms with E-state index in [4.69, 9.17) is 16.3 Å². The van der Waals surface area contributed by atoms with Crippen LogP contribution < -0.4 is 10.1 Å². The van der Waals surface area contributed by atoms with Gasteiger partial charge in [0, 0.05) is 30.5 Å². The molecule has 1 aromatic carbocycles. The predicted molar refractivity (Wildman–Crippen MR) is 98.1 cm³/mol. The summed E-state index contributed by atoms with van der Waals surface area (Å²) in [4.78, 5) is 30.2. The van der Waals surface area contributed by atoms with E-state index in [1.807, 2.05) is 18.4 Å². The Balaban J connectivity index is 1.69. The molecule has 1 aliphatic heterocycles. The number of rotatable bonds is 5. The summed E-state index contributed by atoms with van der Waals surface area (Å²) in [6.45, 7) is 3.00. The molecule has 0 radical (unpaired) electrons. The Morgan fingerprint density at radius 2 is 2.32 bits per heavy atom. The minimum absolute atomic E-state index is 0.0235. The fourth-order valence-corrected chi connectivity index (χ4v) is 3.73. The number of carbonyl (C=O) groups excluding carboxylic acids is 2. The number of ether oxygens (including phenoxy) is 1. The van der Waals surface area contributed by atoms with Crippen LogP contribution in [0.25, 0.3) is 11.3 Å². The summed E-state index contributed by atoms with van der Waals surface area (Å²) in [5, 5.41) is 5.67. The third kappa shape index (κ3) is 3.77. The smallest absolute Gasteiger partial charge is 0.231 e. The zero-order valence-corrected chi connectivity index (χ0v) is 15.5. The monoisotopic (exact) mass is 379 g/mol. The topological polar surface area (TPSA) is 71.5 Å². The zero-order valence-electron chi connectivity index (χ0n) is 13.9. The molecule has 25 heavy (non-hydrogen) atoms. The highest BCUT2D eigenvalue weighted by atomic mass is 35.5. The van der Waals surface area contributed by atoms with Crippen LogP contribution in [0.1, 0.15) is 13.3 Å². The van der Waals surface area contributed by atoms with E-state index in [0.29, 0.717) is 29.0 Å². The Labute approximate surface area is 154 Å². The minimum atomic E-state index is -0.324. The van der Waals surface area contributed by atoms with E-state index in [0.717, 1.165) is 11.3 Å². The van der Waals surface area contributed by atoms with E-state index in [1.54, 1.807) is 24.1 Å². The van der Waals surface area contributed by atoms with Crippen LogP contribution in [0.2, 0.25) is 5.02 Å². The number of nitrogens with one attached hydrogen (secondary N) is 1. The summed E-state index contributed by atoms with van der Waals surface area (Å²) >= 11 is 7.48. The molecule has 1 saturated heterocycles. The number of hydrogen-bond acceptors (Lipinski definition) is 5. The van der Waals surface area contributed by atoms with E-state index in [9.17, 15) is 9.59 Å². The van der Waals surface area contributed by atoms with Crippen molar-refractivity contribution in [2.45, 2.75) is 13.3 Å². The molecule has 0 bridgehead atoms. The normalized spacial score (nSPS) is 17.0. The second kappa shape index (κ2) is 7.41. The van der Waals surface area contributed by atoms with E-state index in [2.05, 4.69) is 10.3 Å². The standard InChI is InChI=1S/C17H18ClN3O3S/c1-3-21-8-11(7-15(21)22)16(23)20-17-19-13(9-25-17)10-4-5-14(24-2)12(18)6-10/h4-6,9,11H,3,7-8H2,1-2H3,(H,19,20,23)/t11-/m0/s1. The minimum Gasteiger partial charge on any atom is -0.495 e. The van der Waals surface area contributed by atoms with Crippen molar-refractivity contribution in [2.75, 3.05) is 25.5 Å². The molecule has 1 aromatic heterocycles. The third-order valence-corrected chi connectivity index (χ3v) is 5.20. The molecule has 1 fully saturated rings. The summed E-state index contributed by atoms with van der Waals surface area (Å²) < 4.78 is 5.14. The number of aromatic nitrogens is 1. The Hall–Kier alpha value is -2.12. The van der Waals surface area contributed by atoms with Crippen LogP contribution >= 0.6 is 22.9 Å². The van der Waals surface area contributed by atoms with E-state index in [-0.39, 0.29) is 24.2 Å². The van der Waals surface area contributed by atoms with Gasteiger partial charge in [0.2, 0.25) is 11.8 Å². The molecule has 8 heteroatoms. The maximum atomic E-state index is 12.3. The molecular weight excluding hydrogens is 362 g/mol. The summed E-state index contributed by atoms with van der Waals surface area (Å²) in [6, 6.07) is 5.41. The molecule has 6 nitrogen and oxygen atoms in total. The second-order valence-electron chi connectivity index (χ2n) is 5.71. The van der Waals surface area contributed by atoms with Gasteiger partial charge in [-0.25, -0.2) is 4.98 Å². The number of nitrogens with zero attached hydrogens (tertiary/aromatic N) is 2. The molecule has 0 saturated carbocycles. The number of halogens is 1. The Morgan fingerprint density at radius 1 is 1.52 bits per heavy atom. The van der Waals surface area contributed by atoms with Crippen molar-refractivity contribution in [1.82, 2.24) is 9.88 Å². The van der Waals surface area contributed by atoms with Gasteiger partial charge in [-0.1, -0.05) is 11.6 Å². The van der Waals surface area contributed by atoms with Crippen LogP contribution in [-0.4, -0.2) is 41.9 Å². The molecule has 132 valence electrons. The number of benzene rings is 1. The lowest BCUT2D eigenvalue weighted by Gasteiger charge is -2.12. The first-order chi connectivity index (χ1) is 12.0. The van der Waals surface area contributed by atoms with Crippen molar-refractivity contribution in [1.29, 1.82) is 0 Å². The quantitative estimate of drug-likeness (QED) is 0.865. The van der Waals surface area contributed by atoms with Gasteiger partial charge in [0.1, 0.15) is 5.75 Å². The predicted octanol–water partition coefficient (Wildman–Crippen LogP) is 3.28. The molecule has 0 spiro atoms. The first-order valence-corrected chi connectivity index (χ1v) is 9.15. The van der Waals surface area contributed by atoms with Gasteiger partial charge >= 0.3 is 0 Å². The number of hydrogen-bond donors (Lipinski definition) is 1. The van der Waals surface area contributed by atoms with Crippen molar-refractivity contribution >= 4 is 39.9 Å². The first kappa shape index (κ1) is 17.7. The van der Waals surface area contributed by atoms with Crippen molar-refractivity contribution in [3.05, 3.63) is 28.6 Å². The summed E-state index contributed by atoms with van der Waals surface area (Å²) in [5.74, 6) is 0.129. The van der Waals surface area contributed by atoms with Crippen molar-refractivity contribution in [3.63, 3.8) is 0 Å². The van der Waals surface area contributed by atoms with Crippen LogP contribution in [0, 0.1) is 5.92 Å². The summed E-state index contributed by atoms with van der Waals surface area (Å²) in [6.07, 6.45) is 0.256. The van der Waals surface area contributed by atoms with E-state index < -0.39 is 0 Å². The zero-order chi connectivity index (χ0) is 18.0. The maximum absolute atomic E-state index is 12.3. The van der Waals surface area contributed by atoms with E-state index in [1.165, 1.54) is 11.3 Å². The van der Waals surface area contributed by atoms with Crippen LogP contribution in [0.3, 0.4) is 0 Å².